The highest BCUT2D eigenvalue weighted by Crippen LogP contribution is 2.39. The third kappa shape index (κ3) is 5.32. The summed E-state index contributed by atoms with van der Waals surface area (Å²) in [5, 5.41) is 15.4. The third-order valence-electron chi connectivity index (χ3n) is 7.64. The monoisotopic (exact) mass is 624 g/mol. The van der Waals surface area contributed by atoms with Gasteiger partial charge in [0, 0.05) is 22.9 Å². The Morgan fingerprint density at radius 1 is 1.00 bits per heavy atom. The van der Waals surface area contributed by atoms with E-state index in [1.54, 1.807) is 65.5 Å². The van der Waals surface area contributed by atoms with Crippen molar-refractivity contribution in [3.05, 3.63) is 112 Å². The third-order valence-corrected chi connectivity index (χ3v) is 9.68. The molecule has 2 aliphatic heterocycles. The van der Waals surface area contributed by atoms with Crippen LogP contribution in [0.25, 0.3) is 28.6 Å². The summed E-state index contributed by atoms with van der Waals surface area (Å²) in [5.41, 5.74) is 2.90. The lowest BCUT2D eigenvalue weighted by Gasteiger charge is -2.32. The summed E-state index contributed by atoms with van der Waals surface area (Å²) in [4.78, 5) is 28.9. The molecule has 1 unspecified atom stereocenters. The fourth-order valence-corrected chi connectivity index (χ4v) is 7.50. The predicted molar refractivity (Wildman–Crippen MR) is 166 cm³/mol. The average molecular weight is 625 g/mol. The molecule has 4 aromatic rings. The van der Waals surface area contributed by atoms with Crippen molar-refractivity contribution in [2.45, 2.75) is 12.5 Å². The number of aromatic nitrogens is 2. The van der Waals surface area contributed by atoms with E-state index in [0.29, 0.717) is 33.2 Å². The van der Waals surface area contributed by atoms with Crippen LogP contribution in [0.4, 0.5) is 0 Å². The predicted octanol–water partition coefficient (Wildman–Crippen LogP) is 5.12. The minimum Gasteiger partial charge on any atom is -0.495 e. The van der Waals surface area contributed by atoms with Crippen molar-refractivity contribution in [2.75, 3.05) is 18.6 Å². The zero-order valence-electron chi connectivity index (χ0n) is 23.5. The van der Waals surface area contributed by atoms with Crippen molar-refractivity contribution in [2.24, 2.45) is 0 Å². The van der Waals surface area contributed by atoms with Gasteiger partial charge in [-0.2, -0.15) is 10.4 Å². The van der Waals surface area contributed by atoms with Crippen LogP contribution in [0.5, 0.6) is 5.75 Å². The van der Waals surface area contributed by atoms with Gasteiger partial charge in [-0.15, -0.1) is 0 Å². The Balaban J connectivity index is 1.60. The van der Waals surface area contributed by atoms with Crippen molar-refractivity contribution < 1.29 is 22.7 Å². The molecule has 1 saturated heterocycles. The smallest absolute Gasteiger partial charge is 0.272 e. The summed E-state index contributed by atoms with van der Waals surface area (Å²) in [6.45, 7) is 0. The molecular formula is C33H25ClN4O5S. The molecule has 1 fully saturated rings. The van der Waals surface area contributed by atoms with E-state index in [1.165, 1.54) is 7.11 Å². The van der Waals surface area contributed by atoms with Crippen LogP contribution in [0.3, 0.4) is 0 Å². The molecule has 44 heavy (non-hydrogen) atoms. The Hall–Kier alpha value is -4.98. The molecule has 0 spiro atoms. The Labute approximate surface area is 259 Å². The molecule has 1 aromatic heterocycles. The van der Waals surface area contributed by atoms with Crippen molar-refractivity contribution >= 4 is 44.9 Å². The summed E-state index contributed by atoms with van der Waals surface area (Å²) in [5.74, 6) is -1.50. The van der Waals surface area contributed by atoms with E-state index in [-0.39, 0.29) is 34.6 Å². The largest absolute Gasteiger partial charge is 0.495 e. The first-order valence-corrected chi connectivity index (χ1v) is 15.9. The molecular weight excluding hydrogens is 600 g/mol. The zero-order valence-corrected chi connectivity index (χ0v) is 25.0. The van der Waals surface area contributed by atoms with Gasteiger partial charge in [-0.1, -0.05) is 60.1 Å². The first kappa shape index (κ1) is 29.1. The molecule has 2 amide bonds. The van der Waals surface area contributed by atoms with Crippen LogP contribution >= 0.6 is 11.6 Å². The highest BCUT2D eigenvalue weighted by atomic mass is 35.5. The normalized spacial score (nSPS) is 19.0. The van der Waals surface area contributed by atoms with E-state index in [0.717, 1.165) is 10.6 Å². The molecule has 0 radical (unpaired) electrons. The number of hydrogen-bond acceptors (Lipinski definition) is 7. The van der Waals surface area contributed by atoms with Crippen LogP contribution in [0, 0.1) is 11.3 Å². The Bertz CT molecular complexity index is 2010. The molecule has 0 saturated carbocycles. The van der Waals surface area contributed by atoms with Crippen LogP contribution in [0.1, 0.15) is 17.5 Å². The maximum Gasteiger partial charge on any atom is 0.272 e. The van der Waals surface area contributed by atoms with Gasteiger partial charge in [0.25, 0.3) is 11.8 Å². The molecule has 0 N–H and O–H groups in total. The second-order valence-corrected chi connectivity index (χ2v) is 13.0. The number of nitriles is 1. The molecule has 11 heteroatoms. The summed E-state index contributed by atoms with van der Waals surface area (Å²) in [7, 11) is -1.92. The average Bonchev–Trinajstić information content (AvgIpc) is 3.61. The first-order valence-electron chi connectivity index (χ1n) is 13.7. The Morgan fingerprint density at radius 3 is 2.32 bits per heavy atom. The molecule has 6 rings (SSSR count). The first-order chi connectivity index (χ1) is 21.2. The van der Waals surface area contributed by atoms with E-state index in [2.05, 4.69) is 0 Å². The van der Waals surface area contributed by atoms with Gasteiger partial charge in [0.15, 0.2) is 9.84 Å². The van der Waals surface area contributed by atoms with Gasteiger partial charge < -0.3 is 4.74 Å². The summed E-state index contributed by atoms with van der Waals surface area (Å²) in [6.07, 6.45) is 3.46. The molecule has 3 heterocycles. The number of hydrogen-bond donors (Lipinski definition) is 0. The zero-order chi connectivity index (χ0) is 31.0. The second kappa shape index (κ2) is 11.6. The van der Waals surface area contributed by atoms with Gasteiger partial charge in [-0.25, -0.2) is 13.1 Å². The van der Waals surface area contributed by atoms with E-state index >= 15 is 0 Å². The minimum absolute atomic E-state index is 0.0742. The van der Waals surface area contributed by atoms with Gasteiger partial charge in [0.2, 0.25) is 0 Å². The molecule has 9 nitrogen and oxygen atoms in total. The van der Waals surface area contributed by atoms with Crippen molar-refractivity contribution in [3.8, 4) is 28.8 Å². The molecule has 220 valence electrons. The number of halogens is 1. The summed E-state index contributed by atoms with van der Waals surface area (Å²) in [6, 6.07) is 24.4. The van der Waals surface area contributed by atoms with Crippen LogP contribution in [-0.4, -0.2) is 59.6 Å². The fourth-order valence-electron chi connectivity index (χ4n) is 5.54. The number of amides is 2. The molecule has 1 atom stereocenters. The highest BCUT2D eigenvalue weighted by Gasteiger charge is 2.45. The maximum atomic E-state index is 14.3. The number of benzene rings is 3. The van der Waals surface area contributed by atoms with Crippen LogP contribution in [0.2, 0.25) is 5.02 Å². The summed E-state index contributed by atoms with van der Waals surface area (Å²) < 4.78 is 31.7. The van der Waals surface area contributed by atoms with Crippen molar-refractivity contribution in [1.29, 1.82) is 5.26 Å². The van der Waals surface area contributed by atoms with Crippen LogP contribution in [0.15, 0.2) is 96.2 Å². The molecule has 0 aliphatic carbocycles. The highest BCUT2D eigenvalue weighted by molar-refractivity contribution is 7.91. The van der Waals surface area contributed by atoms with Crippen LogP contribution < -0.4 is 4.74 Å². The number of para-hydroxylation sites is 1. The van der Waals surface area contributed by atoms with Gasteiger partial charge in [-0.05, 0) is 48.4 Å². The fraction of sp³-hybridized carbons (Fsp3) is 0.152. The molecule has 0 bridgehead atoms. The standard InChI is InChI=1S/C33H25ClN4O5S/c1-43-29-13-12-22(17-28(29)34)31-23(19-37(36-31)24-10-6-3-7-11-24)16-26-30(21-8-4-2-5-9-21)27(18-35)33(40)38(32(26)39)25-14-15-44(41,42)20-25/h2-13,16-17,19,25H,14-15,20H2,1H3/b26-16-. The van der Waals surface area contributed by atoms with Gasteiger partial charge in [-0.3, -0.25) is 14.5 Å². The minimum atomic E-state index is -3.44. The number of rotatable bonds is 6. The lowest BCUT2D eigenvalue weighted by atomic mass is 9.86. The van der Waals surface area contributed by atoms with Crippen molar-refractivity contribution in [1.82, 2.24) is 14.7 Å². The Morgan fingerprint density at radius 2 is 1.70 bits per heavy atom. The second-order valence-electron chi connectivity index (χ2n) is 10.4. The molecule has 2 aliphatic rings. The maximum absolute atomic E-state index is 14.3. The quantitative estimate of drug-likeness (QED) is 0.216. The Kier molecular flexibility index (Phi) is 7.67. The van der Waals surface area contributed by atoms with Gasteiger partial charge >= 0.3 is 0 Å². The van der Waals surface area contributed by atoms with Gasteiger partial charge in [0.05, 0.1) is 40.9 Å². The number of imide groups is 1. The lowest BCUT2D eigenvalue weighted by molar-refractivity contribution is -0.142. The number of carbonyl (C=O) groups is 2. The number of nitrogens with zero attached hydrogens (tertiary/aromatic N) is 4. The number of methoxy groups -OCH3 is 1. The molecule has 3 aromatic carbocycles. The number of ether oxygens (including phenoxy) is 1. The SMILES string of the molecule is COc1ccc(-c2nn(-c3ccccc3)cc2/C=C2\C(=O)N(C3CCS(=O)(=O)C3)C(=O)C(C#N)=C2c2ccccc2)cc1Cl. The summed E-state index contributed by atoms with van der Waals surface area (Å²) >= 11 is 6.48. The topological polar surface area (TPSA) is 122 Å². The van der Waals surface area contributed by atoms with Crippen LogP contribution in [-0.2, 0) is 19.4 Å². The van der Waals surface area contributed by atoms with Gasteiger partial charge in [0.1, 0.15) is 23.1 Å². The lowest BCUT2D eigenvalue weighted by Crippen LogP contribution is -2.49. The number of carbonyl (C=O) groups excluding carboxylic acids is 2. The van der Waals surface area contributed by atoms with E-state index in [1.807, 2.05) is 36.4 Å². The van der Waals surface area contributed by atoms with E-state index in [4.69, 9.17) is 21.4 Å². The van der Waals surface area contributed by atoms with Crippen molar-refractivity contribution in [3.63, 3.8) is 0 Å². The van der Waals surface area contributed by atoms with E-state index < -0.39 is 27.7 Å². The van der Waals surface area contributed by atoms with E-state index in [9.17, 15) is 23.3 Å². The number of sulfone groups is 1.